The van der Waals surface area contributed by atoms with Crippen molar-refractivity contribution in [3.8, 4) is 0 Å². The molecular weight excluding hydrogens is 276 g/mol. The molecule has 120 valence electrons. The van der Waals surface area contributed by atoms with Gasteiger partial charge in [-0.2, -0.15) is 0 Å². The molecule has 0 amide bonds. The molecule has 1 aromatic rings. The van der Waals surface area contributed by atoms with Gasteiger partial charge < -0.3 is 14.8 Å². The van der Waals surface area contributed by atoms with E-state index >= 15 is 0 Å². The molecule has 2 aliphatic heterocycles. The number of aryl methyl sites for hydroxylation is 1. The van der Waals surface area contributed by atoms with Gasteiger partial charge in [-0.25, -0.2) is 0 Å². The standard InChI is InChI=1S/C16H26N6/c1-17-16(21-10-12-5-2-3-6-13(12)11-21)18-9-15-20-19-14-7-4-8-22(14)15/h12-13H,2-11H2,1H3,(H,17,18). The van der Waals surface area contributed by atoms with Gasteiger partial charge in [-0.3, -0.25) is 4.99 Å². The third-order valence-corrected chi connectivity index (χ3v) is 5.58. The van der Waals surface area contributed by atoms with Crippen LogP contribution in [0.5, 0.6) is 0 Å². The maximum Gasteiger partial charge on any atom is 0.194 e. The van der Waals surface area contributed by atoms with Crippen LogP contribution < -0.4 is 5.32 Å². The number of fused-ring (bicyclic) bond motifs is 2. The molecule has 2 atom stereocenters. The predicted molar refractivity (Wildman–Crippen MR) is 85.6 cm³/mol. The topological polar surface area (TPSA) is 58.3 Å². The van der Waals surface area contributed by atoms with Gasteiger partial charge in [-0.05, 0) is 31.1 Å². The smallest absolute Gasteiger partial charge is 0.194 e. The zero-order valence-electron chi connectivity index (χ0n) is 13.5. The van der Waals surface area contributed by atoms with Gasteiger partial charge in [0.25, 0.3) is 0 Å². The number of guanidine groups is 1. The summed E-state index contributed by atoms with van der Waals surface area (Å²) in [6.45, 7) is 4.13. The molecule has 0 bridgehead atoms. The summed E-state index contributed by atoms with van der Waals surface area (Å²) in [4.78, 5) is 6.94. The lowest BCUT2D eigenvalue weighted by molar-refractivity contribution is 0.299. The second-order valence-corrected chi connectivity index (χ2v) is 6.90. The third kappa shape index (κ3) is 2.48. The van der Waals surface area contributed by atoms with E-state index in [1.807, 2.05) is 7.05 Å². The third-order valence-electron chi connectivity index (χ3n) is 5.58. The lowest BCUT2D eigenvalue weighted by atomic mass is 9.82. The summed E-state index contributed by atoms with van der Waals surface area (Å²) in [5.74, 6) is 4.98. The Bertz CT molecular complexity index is 549. The van der Waals surface area contributed by atoms with Crippen LogP contribution in [0.15, 0.2) is 4.99 Å². The van der Waals surface area contributed by atoms with Crippen LogP contribution in [0, 0.1) is 11.8 Å². The molecule has 6 nitrogen and oxygen atoms in total. The molecule has 2 unspecified atom stereocenters. The van der Waals surface area contributed by atoms with Crippen molar-refractivity contribution in [3.05, 3.63) is 11.6 Å². The first-order valence-electron chi connectivity index (χ1n) is 8.71. The predicted octanol–water partition coefficient (Wildman–Crippen LogP) is 1.42. The van der Waals surface area contributed by atoms with Crippen molar-refractivity contribution in [2.45, 2.75) is 51.6 Å². The maximum absolute atomic E-state index is 4.49. The van der Waals surface area contributed by atoms with Crippen molar-refractivity contribution in [2.24, 2.45) is 16.8 Å². The number of hydrogen-bond donors (Lipinski definition) is 1. The number of nitrogens with one attached hydrogen (secondary N) is 1. The molecule has 0 spiro atoms. The van der Waals surface area contributed by atoms with Crippen molar-refractivity contribution >= 4 is 5.96 Å². The first kappa shape index (κ1) is 14.0. The van der Waals surface area contributed by atoms with Gasteiger partial charge in [0, 0.05) is 33.1 Å². The van der Waals surface area contributed by atoms with Gasteiger partial charge in [-0.1, -0.05) is 12.8 Å². The Balaban J connectivity index is 1.38. The number of aromatic nitrogens is 3. The fraction of sp³-hybridized carbons (Fsp3) is 0.812. The number of rotatable bonds is 2. The summed E-state index contributed by atoms with van der Waals surface area (Å²) < 4.78 is 2.25. The Hall–Kier alpha value is -1.59. The SMILES string of the molecule is CN=C(NCc1nnc2n1CCC2)N1CC2CCCCC2C1. The average molecular weight is 302 g/mol. The fourth-order valence-electron chi connectivity index (χ4n) is 4.41. The summed E-state index contributed by atoms with van der Waals surface area (Å²) in [6.07, 6.45) is 7.88. The Morgan fingerprint density at radius 2 is 1.95 bits per heavy atom. The molecule has 4 rings (SSSR count). The van der Waals surface area contributed by atoms with Crippen LogP contribution in [-0.4, -0.2) is 45.8 Å². The molecule has 1 saturated heterocycles. The lowest BCUT2D eigenvalue weighted by Gasteiger charge is -2.22. The minimum absolute atomic E-state index is 0.728. The fourth-order valence-corrected chi connectivity index (χ4v) is 4.41. The minimum Gasteiger partial charge on any atom is -0.349 e. The summed E-state index contributed by atoms with van der Waals surface area (Å²) in [5.41, 5.74) is 0. The van der Waals surface area contributed by atoms with E-state index in [9.17, 15) is 0 Å². The molecule has 1 N–H and O–H groups in total. The number of aliphatic imine (C=N–C) groups is 1. The largest absolute Gasteiger partial charge is 0.349 e. The molecule has 22 heavy (non-hydrogen) atoms. The van der Waals surface area contributed by atoms with Crippen LogP contribution in [0.3, 0.4) is 0 Å². The van der Waals surface area contributed by atoms with E-state index in [4.69, 9.17) is 0 Å². The number of nitrogens with zero attached hydrogens (tertiary/aromatic N) is 5. The van der Waals surface area contributed by atoms with Crippen LogP contribution in [0.1, 0.15) is 43.8 Å². The molecule has 3 heterocycles. The normalized spacial score (nSPS) is 27.9. The van der Waals surface area contributed by atoms with E-state index in [1.165, 1.54) is 45.2 Å². The number of likely N-dealkylation sites (tertiary alicyclic amines) is 1. The van der Waals surface area contributed by atoms with E-state index in [-0.39, 0.29) is 0 Å². The second kappa shape index (κ2) is 5.89. The lowest BCUT2D eigenvalue weighted by Crippen LogP contribution is -2.40. The summed E-state index contributed by atoms with van der Waals surface area (Å²) >= 11 is 0. The molecular formula is C16H26N6. The van der Waals surface area contributed by atoms with Crippen molar-refractivity contribution < 1.29 is 0 Å². The van der Waals surface area contributed by atoms with Crippen LogP contribution in [0.4, 0.5) is 0 Å². The van der Waals surface area contributed by atoms with Crippen molar-refractivity contribution in [1.29, 1.82) is 0 Å². The van der Waals surface area contributed by atoms with Crippen LogP contribution >= 0.6 is 0 Å². The van der Waals surface area contributed by atoms with Crippen molar-refractivity contribution in [2.75, 3.05) is 20.1 Å². The van der Waals surface area contributed by atoms with Gasteiger partial charge in [0.15, 0.2) is 11.8 Å². The van der Waals surface area contributed by atoms with Gasteiger partial charge >= 0.3 is 0 Å². The van der Waals surface area contributed by atoms with Gasteiger partial charge in [0.2, 0.25) is 0 Å². The zero-order chi connectivity index (χ0) is 14.9. The molecule has 3 aliphatic rings. The van der Waals surface area contributed by atoms with Gasteiger partial charge in [0.05, 0.1) is 6.54 Å². The van der Waals surface area contributed by atoms with E-state index in [0.29, 0.717) is 0 Å². The maximum atomic E-state index is 4.49. The van der Waals surface area contributed by atoms with E-state index < -0.39 is 0 Å². The molecule has 0 aromatic carbocycles. The minimum atomic E-state index is 0.728. The van der Waals surface area contributed by atoms with Crippen LogP contribution in [-0.2, 0) is 19.5 Å². The van der Waals surface area contributed by atoms with E-state index in [1.54, 1.807) is 0 Å². The molecule has 0 radical (unpaired) electrons. The molecule has 1 aliphatic carbocycles. The Labute approximate surface area is 132 Å². The highest BCUT2D eigenvalue weighted by Gasteiger charge is 2.35. The quantitative estimate of drug-likeness (QED) is 0.663. The second-order valence-electron chi connectivity index (χ2n) is 6.90. The van der Waals surface area contributed by atoms with Gasteiger partial charge in [-0.15, -0.1) is 10.2 Å². The first-order valence-corrected chi connectivity index (χ1v) is 8.71. The summed E-state index contributed by atoms with van der Waals surface area (Å²) in [6, 6.07) is 0. The Morgan fingerprint density at radius 1 is 1.18 bits per heavy atom. The van der Waals surface area contributed by atoms with Crippen molar-refractivity contribution in [3.63, 3.8) is 0 Å². The Kier molecular flexibility index (Phi) is 3.76. The van der Waals surface area contributed by atoms with E-state index in [0.717, 1.165) is 49.0 Å². The summed E-state index contributed by atoms with van der Waals surface area (Å²) in [5, 5.41) is 12.1. The van der Waals surface area contributed by atoms with E-state index in [2.05, 4.69) is 30.0 Å². The number of hydrogen-bond acceptors (Lipinski definition) is 3. The van der Waals surface area contributed by atoms with Crippen molar-refractivity contribution in [1.82, 2.24) is 25.0 Å². The zero-order valence-corrected chi connectivity index (χ0v) is 13.5. The monoisotopic (exact) mass is 302 g/mol. The first-order chi connectivity index (χ1) is 10.8. The average Bonchev–Trinajstić information content (AvgIpc) is 3.23. The highest BCUT2D eigenvalue weighted by molar-refractivity contribution is 5.80. The molecule has 2 fully saturated rings. The Morgan fingerprint density at radius 3 is 2.68 bits per heavy atom. The highest BCUT2D eigenvalue weighted by Crippen LogP contribution is 2.35. The molecule has 6 heteroatoms. The van der Waals surface area contributed by atoms with Crippen LogP contribution in [0.25, 0.3) is 0 Å². The highest BCUT2D eigenvalue weighted by atomic mass is 15.3. The summed E-state index contributed by atoms with van der Waals surface area (Å²) in [7, 11) is 1.89. The molecule has 1 aromatic heterocycles. The molecule has 1 saturated carbocycles. The van der Waals surface area contributed by atoms with Gasteiger partial charge in [0.1, 0.15) is 5.82 Å². The van der Waals surface area contributed by atoms with Crippen LogP contribution in [0.2, 0.25) is 0 Å².